The molecule has 0 fully saturated rings. The number of pyridine rings is 1. The van der Waals surface area contributed by atoms with E-state index in [9.17, 15) is 13.6 Å². The van der Waals surface area contributed by atoms with E-state index in [0.29, 0.717) is 12.0 Å². The normalized spacial score (nSPS) is 10.7. The molecule has 2 rings (SSSR count). The van der Waals surface area contributed by atoms with Gasteiger partial charge in [-0.2, -0.15) is 0 Å². The Hall–Kier alpha value is -2.11. The Morgan fingerprint density at radius 2 is 2.12 bits per heavy atom. The molecule has 82 valence electrons. The first kappa shape index (κ1) is 10.4. The molecule has 4 nitrogen and oxygen atoms in total. The number of carbonyl (C=O) groups excluding carboxylic acids is 1. The number of hydrogen-bond donors (Lipinski definition) is 0. The van der Waals surface area contributed by atoms with E-state index in [2.05, 4.69) is 9.97 Å². The third-order valence-electron chi connectivity index (χ3n) is 2.02. The van der Waals surface area contributed by atoms with E-state index in [1.807, 2.05) is 0 Å². The lowest BCUT2D eigenvalue weighted by Gasteiger charge is -2.02. The van der Waals surface area contributed by atoms with Crippen LogP contribution in [-0.2, 0) is 0 Å². The average Bonchev–Trinajstić information content (AvgIpc) is 2.77. The van der Waals surface area contributed by atoms with Crippen molar-refractivity contribution in [1.82, 2.24) is 14.5 Å². The van der Waals surface area contributed by atoms with Crippen molar-refractivity contribution in [2.75, 3.05) is 0 Å². The van der Waals surface area contributed by atoms with Gasteiger partial charge >= 0.3 is 0 Å². The minimum absolute atomic E-state index is 0.276. The molecule has 2 heterocycles. The fraction of sp³-hybridized carbons (Fsp3) is 0.100. The molecular weight excluding hydrogens is 216 g/mol. The minimum atomic E-state index is -2.58. The standard InChI is InChI=1S/C10H7F2N3O/c11-10(12)9-2-1-8(3-13-9)15-4-7(5-16)14-6-15/h1-6,10H. The van der Waals surface area contributed by atoms with Gasteiger partial charge in [0.05, 0.1) is 11.9 Å². The van der Waals surface area contributed by atoms with Gasteiger partial charge in [-0.25, -0.2) is 13.8 Å². The predicted molar refractivity (Wildman–Crippen MR) is 51.7 cm³/mol. The van der Waals surface area contributed by atoms with Crippen LogP contribution in [0.25, 0.3) is 5.69 Å². The lowest BCUT2D eigenvalue weighted by Crippen LogP contribution is -1.94. The highest BCUT2D eigenvalue weighted by Gasteiger charge is 2.08. The van der Waals surface area contributed by atoms with E-state index < -0.39 is 6.43 Å². The van der Waals surface area contributed by atoms with Crippen LogP contribution >= 0.6 is 0 Å². The number of rotatable bonds is 3. The summed E-state index contributed by atoms with van der Waals surface area (Å²) >= 11 is 0. The third-order valence-corrected chi connectivity index (χ3v) is 2.02. The molecular formula is C10H7F2N3O. The molecule has 0 amide bonds. The van der Waals surface area contributed by atoms with E-state index in [1.165, 1.54) is 35.4 Å². The van der Waals surface area contributed by atoms with Gasteiger partial charge < -0.3 is 4.57 Å². The monoisotopic (exact) mass is 223 g/mol. The molecule has 0 aromatic carbocycles. The largest absolute Gasteiger partial charge is 0.304 e. The summed E-state index contributed by atoms with van der Waals surface area (Å²) < 4.78 is 26.0. The Kier molecular flexibility index (Phi) is 2.72. The molecule has 0 N–H and O–H groups in total. The Bertz CT molecular complexity index is 493. The van der Waals surface area contributed by atoms with E-state index in [0.717, 1.165) is 0 Å². The first-order valence-corrected chi connectivity index (χ1v) is 4.44. The first-order valence-electron chi connectivity index (χ1n) is 4.44. The van der Waals surface area contributed by atoms with Gasteiger partial charge in [0.15, 0.2) is 6.29 Å². The van der Waals surface area contributed by atoms with E-state index in [-0.39, 0.29) is 11.4 Å². The first-order chi connectivity index (χ1) is 7.70. The lowest BCUT2D eigenvalue weighted by molar-refractivity contribution is 0.111. The summed E-state index contributed by atoms with van der Waals surface area (Å²) in [5, 5.41) is 0. The molecule has 0 saturated heterocycles. The van der Waals surface area contributed by atoms with Crippen LogP contribution < -0.4 is 0 Å². The molecule has 0 atom stereocenters. The zero-order valence-electron chi connectivity index (χ0n) is 8.05. The quantitative estimate of drug-likeness (QED) is 0.748. The van der Waals surface area contributed by atoms with Crippen LogP contribution in [0.1, 0.15) is 22.6 Å². The second kappa shape index (κ2) is 4.18. The van der Waals surface area contributed by atoms with Crippen LogP contribution in [-0.4, -0.2) is 20.8 Å². The zero-order valence-corrected chi connectivity index (χ0v) is 8.05. The Labute approximate surface area is 89.6 Å². The molecule has 0 saturated carbocycles. The molecule has 0 aliphatic heterocycles. The van der Waals surface area contributed by atoms with Crippen molar-refractivity contribution in [3.8, 4) is 5.69 Å². The van der Waals surface area contributed by atoms with Crippen molar-refractivity contribution >= 4 is 6.29 Å². The zero-order chi connectivity index (χ0) is 11.5. The van der Waals surface area contributed by atoms with Crippen LogP contribution in [0.5, 0.6) is 0 Å². The number of nitrogens with zero attached hydrogens (tertiary/aromatic N) is 3. The predicted octanol–water partition coefficient (Wildman–Crippen LogP) is 2.02. The van der Waals surface area contributed by atoms with Crippen LogP contribution in [0.4, 0.5) is 8.78 Å². The summed E-state index contributed by atoms with van der Waals surface area (Å²) in [6.45, 7) is 0. The second-order valence-corrected chi connectivity index (χ2v) is 3.07. The van der Waals surface area contributed by atoms with Crippen molar-refractivity contribution in [2.24, 2.45) is 0 Å². The highest BCUT2D eigenvalue weighted by molar-refractivity contribution is 5.71. The number of imidazole rings is 1. The van der Waals surface area contributed by atoms with Crippen molar-refractivity contribution in [1.29, 1.82) is 0 Å². The molecule has 2 aromatic rings. The molecule has 0 spiro atoms. The van der Waals surface area contributed by atoms with Gasteiger partial charge in [-0.05, 0) is 12.1 Å². The number of alkyl halides is 2. The molecule has 0 bridgehead atoms. The molecule has 0 unspecified atom stereocenters. The van der Waals surface area contributed by atoms with Gasteiger partial charge in [0.25, 0.3) is 6.43 Å². The van der Waals surface area contributed by atoms with Gasteiger partial charge in [0.1, 0.15) is 17.7 Å². The van der Waals surface area contributed by atoms with Gasteiger partial charge in [0.2, 0.25) is 0 Å². The Morgan fingerprint density at radius 3 is 2.62 bits per heavy atom. The number of aromatic nitrogens is 3. The van der Waals surface area contributed by atoms with Crippen molar-refractivity contribution in [2.45, 2.75) is 6.43 Å². The summed E-state index contributed by atoms with van der Waals surface area (Å²) in [4.78, 5) is 17.8. The number of hydrogen-bond acceptors (Lipinski definition) is 3. The third kappa shape index (κ3) is 1.95. The number of aldehydes is 1. The maximum atomic E-state index is 12.2. The second-order valence-electron chi connectivity index (χ2n) is 3.07. The topological polar surface area (TPSA) is 47.8 Å². The summed E-state index contributed by atoms with van der Waals surface area (Å²) in [6.07, 6.45) is 2.24. The SMILES string of the molecule is O=Cc1cn(-c2ccc(C(F)F)nc2)cn1. The highest BCUT2D eigenvalue weighted by Crippen LogP contribution is 2.17. The van der Waals surface area contributed by atoms with Crippen molar-refractivity contribution < 1.29 is 13.6 Å². The van der Waals surface area contributed by atoms with Crippen LogP contribution in [0.15, 0.2) is 30.9 Å². The van der Waals surface area contributed by atoms with E-state index in [4.69, 9.17) is 0 Å². The maximum absolute atomic E-state index is 12.2. The summed E-state index contributed by atoms with van der Waals surface area (Å²) in [6, 6.07) is 2.73. The van der Waals surface area contributed by atoms with Crippen molar-refractivity contribution in [3.63, 3.8) is 0 Å². The van der Waals surface area contributed by atoms with Crippen LogP contribution in [0.2, 0.25) is 0 Å². The van der Waals surface area contributed by atoms with E-state index >= 15 is 0 Å². The molecule has 0 aliphatic rings. The summed E-state index contributed by atoms with van der Waals surface area (Å²) in [5.41, 5.74) is 0.572. The molecule has 2 aromatic heterocycles. The van der Waals surface area contributed by atoms with Crippen LogP contribution in [0, 0.1) is 0 Å². The van der Waals surface area contributed by atoms with Gasteiger partial charge in [0, 0.05) is 6.20 Å². The van der Waals surface area contributed by atoms with Gasteiger partial charge in [-0.1, -0.05) is 0 Å². The Balaban J connectivity index is 2.30. The average molecular weight is 223 g/mol. The minimum Gasteiger partial charge on any atom is -0.304 e. The summed E-state index contributed by atoms with van der Waals surface area (Å²) in [5.74, 6) is 0. The Morgan fingerprint density at radius 1 is 1.31 bits per heavy atom. The van der Waals surface area contributed by atoms with Gasteiger partial charge in [-0.3, -0.25) is 9.78 Å². The molecule has 0 aliphatic carbocycles. The molecule has 16 heavy (non-hydrogen) atoms. The van der Waals surface area contributed by atoms with Crippen molar-refractivity contribution in [3.05, 3.63) is 42.2 Å². The lowest BCUT2D eigenvalue weighted by atomic mass is 10.3. The number of halogens is 2. The van der Waals surface area contributed by atoms with Gasteiger partial charge in [-0.15, -0.1) is 0 Å². The van der Waals surface area contributed by atoms with Crippen LogP contribution in [0.3, 0.4) is 0 Å². The highest BCUT2D eigenvalue weighted by atomic mass is 19.3. The fourth-order valence-corrected chi connectivity index (χ4v) is 1.22. The summed E-state index contributed by atoms with van der Waals surface area (Å²) in [7, 11) is 0. The smallest absolute Gasteiger partial charge is 0.280 e. The maximum Gasteiger partial charge on any atom is 0.280 e. The fourth-order valence-electron chi connectivity index (χ4n) is 1.22. The van der Waals surface area contributed by atoms with E-state index in [1.54, 1.807) is 0 Å². The molecule has 6 heteroatoms. The molecule has 0 radical (unpaired) electrons. The number of carbonyl (C=O) groups is 1.